The zero-order valence-corrected chi connectivity index (χ0v) is 13.7. The maximum atomic E-state index is 12.4. The summed E-state index contributed by atoms with van der Waals surface area (Å²) < 4.78 is 1.09. The van der Waals surface area contributed by atoms with Gasteiger partial charge in [0.05, 0.1) is 17.2 Å². The number of nitrogens with one attached hydrogen (secondary N) is 1. The molecule has 0 amide bonds. The zero-order valence-electron chi connectivity index (χ0n) is 10.7. The molecular formula is C15H10INO3S. The molecule has 0 atom stereocenters. The van der Waals surface area contributed by atoms with Crippen molar-refractivity contribution in [3.63, 3.8) is 0 Å². The minimum absolute atomic E-state index is 0.169. The number of rotatable bonds is 3. The van der Waals surface area contributed by atoms with Gasteiger partial charge in [-0.2, -0.15) is 0 Å². The number of aliphatic hydroxyl groups is 1. The van der Waals surface area contributed by atoms with Crippen LogP contribution in [0.15, 0.2) is 42.1 Å². The smallest absolute Gasteiger partial charge is 0.210 e. The second kappa shape index (κ2) is 5.70. The first kappa shape index (κ1) is 14.4. The standard InChI is InChI=1S/C15H10INO3S/c16-8-1-3-9(4-2-8)17-12-6-13(19)15-11(14(12)20)5-10(7-18)21-15/h1-6,17-18H,7H2. The number of ketones is 2. The SMILES string of the molecule is O=C1C(Nc2ccc(I)cc2)=CC(=O)c2sc(CO)cc21. The van der Waals surface area contributed by atoms with Crippen LogP contribution < -0.4 is 5.32 Å². The van der Waals surface area contributed by atoms with Gasteiger partial charge in [0.1, 0.15) is 0 Å². The summed E-state index contributed by atoms with van der Waals surface area (Å²) in [6, 6.07) is 9.12. The average molecular weight is 411 g/mol. The van der Waals surface area contributed by atoms with Crippen molar-refractivity contribution < 1.29 is 14.7 Å². The Morgan fingerprint density at radius 3 is 2.57 bits per heavy atom. The number of carbonyl (C=O) groups is 2. The topological polar surface area (TPSA) is 66.4 Å². The predicted molar refractivity (Wildman–Crippen MR) is 89.8 cm³/mol. The third-order valence-corrected chi connectivity index (χ3v) is 4.90. The summed E-state index contributed by atoms with van der Waals surface area (Å²) in [6.07, 6.45) is 1.32. The van der Waals surface area contributed by atoms with Crippen molar-refractivity contribution >= 4 is 51.2 Å². The van der Waals surface area contributed by atoms with Crippen LogP contribution in [0.3, 0.4) is 0 Å². The van der Waals surface area contributed by atoms with E-state index in [2.05, 4.69) is 27.9 Å². The number of halogens is 1. The molecule has 1 heterocycles. The van der Waals surface area contributed by atoms with Gasteiger partial charge in [-0.05, 0) is 52.9 Å². The first-order valence-electron chi connectivity index (χ1n) is 6.15. The van der Waals surface area contributed by atoms with Crippen LogP contribution in [0.25, 0.3) is 0 Å². The molecule has 6 heteroatoms. The van der Waals surface area contributed by atoms with E-state index >= 15 is 0 Å². The van der Waals surface area contributed by atoms with E-state index in [0.29, 0.717) is 15.3 Å². The van der Waals surface area contributed by atoms with Gasteiger partial charge in [-0.15, -0.1) is 11.3 Å². The Hall–Kier alpha value is -1.51. The lowest BCUT2D eigenvalue weighted by Gasteiger charge is -2.13. The van der Waals surface area contributed by atoms with Gasteiger partial charge in [0.25, 0.3) is 0 Å². The molecule has 1 aromatic heterocycles. The van der Waals surface area contributed by atoms with Crippen molar-refractivity contribution in [2.75, 3.05) is 5.32 Å². The monoisotopic (exact) mass is 411 g/mol. The summed E-state index contributed by atoms with van der Waals surface area (Å²) in [7, 11) is 0. The van der Waals surface area contributed by atoms with Crippen LogP contribution in [-0.4, -0.2) is 16.7 Å². The van der Waals surface area contributed by atoms with Gasteiger partial charge in [0, 0.05) is 25.8 Å². The molecule has 0 unspecified atom stereocenters. The van der Waals surface area contributed by atoms with Gasteiger partial charge in [0.2, 0.25) is 5.78 Å². The molecule has 1 aliphatic carbocycles. The Kier molecular flexibility index (Phi) is 3.92. The van der Waals surface area contributed by atoms with E-state index < -0.39 is 0 Å². The highest BCUT2D eigenvalue weighted by Gasteiger charge is 2.28. The molecule has 2 aromatic rings. The van der Waals surface area contributed by atoms with E-state index in [1.807, 2.05) is 24.3 Å². The van der Waals surface area contributed by atoms with Crippen LogP contribution in [0.4, 0.5) is 5.69 Å². The van der Waals surface area contributed by atoms with Crippen molar-refractivity contribution in [1.29, 1.82) is 0 Å². The number of allylic oxidation sites excluding steroid dienone is 2. The number of hydrogen-bond acceptors (Lipinski definition) is 5. The molecular weight excluding hydrogens is 401 g/mol. The molecule has 0 radical (unpaired) electrons. The Balaban J connectivity index is 1.92. The van der Waals surface area contributed by atoms with E-state index in [1.54, 1.807) is 6.07 Å². The Morgan fingerprint density at radius 1 is 1.19 bits per heavy atom. The third-order valence-electron chi connectivity index (χ3n) is 3.05. The lowest BCUT2D eigenvalue weighted by atomic mass is 10.00. The first-order valence-corrected chi connectivity index (χ1v) is 8.05. The summed E-state index contributed by atoms with van der Waals surface area (Å²) in [5.41, 5.74) is 1.38. The van der Waals surface area contributed by atoms with Crippen molar-refractivity contribution in [2.24, 2.45) is 0 Å². The molecule has 0 fully saturated rings. The van der Waals surface area contributed by atoms with E-state index in [1.165, 1.54) is 6.08 Å². The molecule has 0 saturated heterocycles. The summed E-state index contributed by atoms with van der Waals surface area (Å²) in [5, 5.41) is 12.1. The van der Waals surface area contributed by atoms with Crippen LogP contribution in [-0.2, 0) is 6.61 Å². The van der Waals surface area contributed by atoms with Crippen molar-refractivity contribution in [3.05, 3.63) is 61.0 Å². The second-order valence-corrected chi connectivity index (χ2v) is 6.88. The Morgan fingerprint density at radius 2 is 1.90 bits per heavy atom. The molecule has 0 bridgehead atoms. The number of Topliss-reactive ketones (excluding diaryl/α,β-unsaturated/α-hetero) is 1. The fourth-order valence-electron chi connectivity index (χ4n) is 2.06. The maximum Gasteiger partial charge on any atom is 0.210 e. The van der Waals surface area contributed by atoms with Crippen LogP contribution >= 0.6 is 33.9 Å². The van der Waals surface area contributed by atoms with E-state index in [0.717, 1.165) is 20.6 Å². The number of aliphatic hydroxyl groups excluding tert-OH is 1. The molecule has 106 valence electrons. The predicted octanol–water partition coefficient (Wildman–Crippen LogP) is 3.22. The molecule has 1 aliphatic rings. The van der Waals surface area contributed by atoms with Crippen LogP contribution in [0, 0.1) is 3.57 Å². The van der Waals surface area contributed by atoms with Gasteiger partial charge in [-0.1, -0.05) is 0 Å². The van der Waals surface area contributed by atoms with Gasteiger partial charge < -0.3 is 10.4 Å². The van der Waals surface area contributed by atoms with Crippen LogP contribution in [0.2, 0.25) is 0 Å². The van der Waals surface area contributed by atoms with Crippen molar-refractivity contribution in [2.45, 2.75) is 6.61 Å². The molecule has 0 saturated carbocycles. The lowest BCUT2D eigenvalue weighted by Crippen LogP contribution is -2.19. The van der Waals surface area contributed by atoms with Crippen LogP contribution in [0.5, 0.6) is 0 Å². The Bertz CT molecular complexity index is 762. The lowest BCUT2D eigenvalue weighted by molar-refractivity contribution is 0.0988. The van der Waals surface area contributed by atoms with Gasteiger partial charge in [-0.25, -0.2) is 0 Å². The molecule has 0 spiro atoms. The Labute approximate surface area is 138 Å². The molecule has 0 aliphatic heterocycles. The number of benzene rings is 1. The molecule has 2 N–H and O–H groups in total. The molecule has 4 nitrogen and oxygen atoms in total. The van der Waals surface area contributed by atoms with E-state index in [-0.39, 0.29) is 23.9 Å². The van der Waals surface area contributed by atoms with E-state index in [4.69, 9.17) is 5.11 Å². The zero-order chi connectivity index (χ0) is 15.0. The van der Waals surface area contributed by atoms with Crippen molar-refractivity contribution in [3.8, 4) is 0 Å². The summed E-state index contributed by atoms with van der Waals surface area (Å²) in [6.45, 7) is -0.169. The van der Waals surface area contributed by atoms with Gasteiger partial charge in [0.15, 0.2) is 5.78 Å². The number of hydrogen-bond donors (Lipinski definition) is 2. The third kappa shape index (κ3) is 2.78. The highest BCUT2D eigenvalue weighted by Crippen LogP contribution is 2.30. The number of thiophene rings is 1. The fourth-order valence-corrected chi connectivity index (χ4v) is 3.34. The second-order valence-electron chi connectivity index (χ2n) is 4.50. The number of anilines is 1. The first-order chi connectivity index (χ1) is 10.1. The summed E-state index contributed by atoms with van der Waals surface area (Å²) in [5.74, 6) is -0.429. The van der Waals surface area contributed by atoms with E-state index in [9.17, 15) is 9.59 Å². The molecule has 21 heavy (non-hydrogen) atoms. The number of carbonyl (C=O) groups excluding carboxylic acids is 2. The average Bonchev–Trinajstić information content (AvgIpc) is 2.92. The summed E-state index contributed by atoms with van der Waals surface area (Å²) in [4.78, 5) is 25.5. The van der Waals surface area contributed by atoms with Gasteiger partial charge >= 0.3 is 0 Å². The largest absolute Gasteiger partial charge is 0.391 e. The number of fused-ring (bicyclic) bond motifs is 1. The van der Waals surface area contributed by atoms with Gasteiger partial charge in [-0.3, -0.25) is 9.59 Å². The molecule has 1 aromatic carbocycles. The molecule has 3 rings (SSSR count). The minimum Gasteiger partial charge on any atom is -0.391 e. The highest BCUT2D eigenvalue weighted by atomic mass is 127. The summed E-state index contributed by atoms with van der Waals surface area (Å²) >= 11 is 3.36. The van der Waals surface area contributed by atoms with Crippen molar-refractivity contribution in [1.82, 2.24) is 0 Å². The quantitative estimate of drug-likeness (QED) is 0.762. The normalized spacial score (nSPS) is 13.9. The highest BCUT2D eigenvalue weighted by molar-refractivity contribution is 14.1. The maximum absolute atomic E-state index is 12.4. The minimum atomic E-state index is -0.223. The fraction of sp³-hybridized carbons (Fsp3) is 0.0667. The van der Waals surface area contributed by atoms with Crippen LogP contribution in [0.1, 0.15) is 24.9 Å².